The largest absolute Gasteiger partial charge is 0.120 e. The molecule has 0 aliphatic carbocycles. The maximum absolute atomic E-state index is 6.66. The highest BCUT2D eigenvalue weighted by Gasteiger charge is 2.25. The second-order valence-corrected chi connectivity index (χ2v) is 9.06. The van der Waals surface area contributed by atoms with E-state index in [1.165, 1.54) is 103 Å². The van der Waals surface area contributed by atoms with Crippen molar-refractivity contribution in [2.45, 2.75) is 135 Å². The number of rotatable bonds is 17. The number of unbranched alkanes of at least 4 members (excludes halogenated alkanes) is 12. The zero-order chi connectivity index (χ0) is 17.4. The number of hydrogen-bond donors (Lipinski definition) is 0. The lowest BCUT2D eigenvalue weighted by molar-refractivity contribution is 0.334. The molecule has 0 amide bonds. The molecule has 23 heavy (non-hydrogen) atoms. The van der Waals surface area contributed by atoms with E-state index in [9.17, 15) is 0 Å². The Morgan fingerprint density at radius 2 is 0.870 bits per heavy atom. The van der Waals surface area contributed by atoms with Gasteiger partial charge in [-0.2, -0.15) is 0 Å². The summed E-state index contributed by atoms with van der Waals surface area (Å²) in [7, 11) is 0. The van der Waals surface area contributed by atoms with Crippen LogP contribution in [0.3, 0.4) is 0 Å². The van der Waals surface area contributed by atoms with E-state index in [-0.39, 0.29) is 4.87 Å². The highest BCUT2D eigenvalue weighted by Crippen LogP contribution is 2.33. The van der Waals surface area contributed by atoms with Gasteiger partial charge in [0.1, 0.15) is 0 Å². The molecule has 0 saturated carbocycles. The summed E-state index contributed by atoms with van der Waals surface area (Å²) >= 11 is 6.66. The molecule has 0 nitrogen and oxygen atoms in total. The van der Waals surface area contributed by atoms with Gasteiger partial charge in [0.15, 0.2) is 0 Å². The molecule has 1 atom stereocenters. The summed E-state index contributed by atoms with van der Waals surface area (Å²) in [5.41, 5.74) is 0. The van der Waals surface area contributed by atoms with Gasteiger partial charge in [-0.15, -0.1) is 11.6 Å². The average Bonchev–Trinajstić information content (AvgIpc) is 2.50. The van der Waals surface area contributed by atoms with Crippen molar-refractivity contribution in [1.82, 2.24) is 0 Å². The third-order valence-electron chi connectivity index (χ3n) is 5.28. The lowest BCUT2D eigenvalue weighted by Gasteiger charge is -2.28. The predicted octanol–water partition coefficient (Wildman–Crippen LogP) is 8.90. The van der Waals surface area contributed by atoms with Gasteiger partial charge in [0.05, 0.1) is 0 Å². The predicted molar refractivity (Wildman–Crippen MR) is 109 cm³/mol. The van der Waals surface area contributed by atoms with Gasteiger partial charge in [0.2, 0.25) is 0 Å². The average molecular weight is 345 g/mol. The first kappa shape index (κ1) is 23.3. The Morgan fingerprint density at radius 3 is 1.17 bits per heavy atom. The lowest BCUT2D eigenvalue weighted by Crippen LogP contribution is -2.24. The highest BCUT2D eigenvalue weighted by atomic mass is 35.5. The molecule has 140 valence electrons. The van der Waals surface area contributed by atoms with Crippen LogP contribution in [0.15, 0.2) is 0 Å². The SMILES string of the molecule is CCCCCCCCCCC(CCCCCCCC)C(C)(C)Cl. The minimum atomic E-state index is -0.0233. The van der Waals surface area contributed by atoms with Crippen LogP contribution >= 0.6 is 11.6 Å². The fourth-order valence-corrected chi connectivity index (χ4v) is 3.74. The maximum atomic E-state index is 6.66. The van der Waals surface area contributed by atoms with E-state index in [0.29, 0.717) is 5.92 Å². The minimum Gasteiger partial charge on any atom is -0.120 e. The Labute approximate surface area is 153 Å². The van der Waals surface area contributed by atoms with Crippen LogP contribution in [0.1, 0.15) is 130 Å². The molecule has 0 heterocycles. The third-order valence-corrected chi connectivity index (χ3v) is 5.59. The standard InChI is InChI=1S/C22H45Cl/c1-5-7-9-11-13-14-16-18-20-21(22(3,4)23)19-17-15-12-10-8-6-2/h21H,5-20H2,1-4H3. The van der Waals surface area contributed by atoms with Crippen molar-refractivity contribution in [3.8, 4) is 0 Å². The zero-order valence-corrected chi connectivity index (χ0v) is 17.5. The van der Waals surface area contributed by atoms with E-state index >= 15 is 0 Å². The fraction of sp³-hybridized carbons (Fsp3) is 1.00. The molecule has 0 spiro atoms. The Hall–Kier alpha value is 0.290. The van der Waals surface area contributed by atoms with Crippen LogP contribution in [-0.4, -0.2) is 4.87 Å². The molecule has 1 unspecified atom stereocenters. The maximum Gasteiger partial charge on any atom is 0.0418 e. The lowest BCUT2D eigenvalue weighted by atomic mass is 9.85. The van der Waals surface area contributed by atoms with Gasteiger partial charge in [0.25, 0.3) is 0 Å². The Balaban J connectivity index is 3.69. The van der Waals surface area contributed by atoms with E-state index in [2.05, 4.69) is 27.7 Å². The van der Waals surface area contributed by atoms with Gasteiger partial charge in [0, 0.05) is 4.87 Å². The summed E-state index contributed by atoms with van der Waals surface area (Å²) in [5.74, 6) is 0.704. The van der Waals surface area contributed by atoms with Gasteiger partial charge in [-0.1, -0.05) is 104 Å². The molecule has 0 aromatic heterocycles. The molecule has 0 aliphatic rings. The van der Waals surface area contributed by atoms with Crippen LogP contribution in [-0.2, 0) is 0 Å². The molecule has 0 aromatic rings. The van der Waals surface area contributed by atoms with Gasteiger partial charge < -0.3 is 0 Å². The second kappa shape index (κ2) is 15.8. The van der Waals surface area contributed by atoms with Crippen molar-refractivity contribution >= 4 is 11.6 Å². The summed E-state index contributed by atoms with van der Waals surface area (Å²) in [6, 6.07) is 0. The molecule has 0 aromatic carbocycles. The van der Waals surface area contributed by atoms with E-state index in [1.54, 1.807) is 0 Å². The molecule has 0 rings (SSSR count). The van der Waals surface area contributed by atoms with Crippen LogP contribution < -0.4 is 0 Å². The van der Waals surface area contributed by atoms with Crippen molar-refractivity contribution in [3.63, 3.8) is 0 Å². The number of halogens is 1. The summed E-state index contributed by atoms with van der Waals surface area (Å²) in [6.45, 7) is 9.02. The van der Waals surface area contributed by atoms with E-state index in [1.807, 2.05) is 0 Å². The molecular formula is C22H45Cl. The van der Waals surface area contributed by atoms with Gasteiger partial charge in [-0.25, -0.2) is 0 Å². The van der Waals surface area contributed by atoms with Crippen molar-refractivity contribution in [3.05, 3.63) is 0 Å². The fourth-order valence-electron chi connectivity index (χ4n) is 3.53. The van der Waals surface area contributed by atoms with Crippen LogP contribution in [0.2, 0.25) is 0 Å². The van der Waals surface area contributed by atoms with E-state index < -0.39 is 0 Å². The first-order chi connectivity index (χ1) is 11.0. The molecule has 0 aliphatic heterocycles. The molecule has 1 heteroatoms. The minimum absolute atomic E-state index is 0.0233. The number of hydrogen-bond acceptors (Lipinski definition) is 0. The molecule has 0 fully saturated rings. The quantitative estimate of drug-likeness (QED) is 0.182. The Bertz CT molecular complexity index is 229. The zero-order valence-electron chi connectivity index (χ0n) is 16.8. The van der Waals surface area contributed by atoms with Crippen LogP contribution in [0.5, 0.6) is 0 Å². The highest BCUT2D eigenvalue weighted by molar-refractivity contribution is 6.23. The van der Waals surface area contributed by atoms with Gasteiger partial charge in [-0.3, -0.25) is 0 Å². The Morgan fingerprint density at radius 1 is 0.565 bits per heavy atom. The van der Waals surface area contributed by atoms with Crippen molar-refractivity contribution in [2.75, 3.05) is 0 Å². The first-order valence-electron chi connectivity index (χ1n) is 10.7. The second-order valence-electron chi connectivity index (χ2n) is 8.08. The molecule has 0 saturated heterocycles. The molecule has 0 radical (unpaired) electrons. The first-order valence-corrected chi connectivity index (χ1v) is 11.1. The summed E-state index contributed by atoms with van der Waals surface area (Å²) in [4.78, 5) is -0.0233. The molecule has 0 N–H and O–H groups in total. The van der Waals surface area contributed by atoms with Gasteiger partial charge in [-0.05, 0) is 32.6 Å². The van der Waals surface area contributed by atoms with Crippen molar-refractivity contribution in [1.29, 1.82) is 0 Å². The summed E-state index contributed by atoms with van der Waals surface area (Å²) in [5, 5.41) is 0. The van der Waals surface area contributed by atoms with Crippen molar-refractivity contribution in [2.24, 2.45) is 5.92 Å². The van der Waals surface area contributed by atoms with Crippen molar-refractivity contribution < 1.29 is 0 Å². The molecule has 0 bridgehead atoms. The normalized spacial score (nSPS) is 13.4. The third kappa shape index (κ3) is 15.6. The van der Waals surface area contributed by atoms with Crippen LogP contribution in [0.4, 0.5) is 0 Å². The van der Waals surface area contributed by atoms with Crippen LogP contribution in [0.25, 0.3) is 0 Å². The number of alkyl halides is 1. The van der Waals surface area contributed by atoms with E-state index in [0.717, 1.165) is 0 Å². The molecular weight excluding hydrogens is 300 g/mol. The Kier molecular flexibility index (Phi) is 16.0. The van der Waals surface area contributed by atoms with Crippen LogP contribution in [0, 0.1) is 5.92 Å². The summed E-state index contributed by atoms with van der Waals surface area (Å²) in [6.07, 6.45) is 22.3. The van der Waals surface area contributed by atoms with Gasteiger partial charge >= 0.3 is 0 Å². The monoisotopic (exact) mass is 344 g/mol. The summed E-state index contributed by atoms with van der Waals surface area (Å²) < 4.78 is 0. The topological polar surface area (TPSA) is 0 Å². The van der Waals surface area contributed by atoms with E-state index in [4.69, 9.17) is 11.6 Å². The smallest absolute Gasteiger partial charge is 0.0418 e.